The van der Waals surface area contributed by atoms with Gasteiger partial charge in [0.1, 0.15) is 11.2 Å². The van der Waals surface area contributed by atoms with Gasteiger partial charge >= 0.3 is 0 Å². The normalized spacial score (nSPS) is 11.8. The summed E-state index contributed by atoms with van der Waals surface area (Å²) < 4.78 is 12.0. The highest BCUT2D eigenvalue weighted by Crippen LogP contribution is 2.48. The van der Waals surface area contributed by atoms with Crippen LogP contribution in [0.1, 0.15) is 0 Å². The van der Waals surface area contributed by atoms with Crippen LogP contribution in [-0.2, 0) is 0 Å². The molecule has 3 nitrogen and oxygen atoms in total. The van der Waals surface area contributed by atoms with E-state index in [1.54, 1.807) is 0 Å². The minimum atomic E-state index is 0.858. The number of aromatic nitrogens is 1. The summed E-state index contributed by atoms with van der Waals surface area (Å²) in [6, 6.07) is 88.2. The topological polar surface area (TPSA) is 21.3 Å². The van der Waals surface area contributed by atoms with Crippen molar-refractivity contribution < 1.29 is 4.42 Å². The molecule has 0 saturated carbocycles. The summed E-state index contributed by atoms with van der Waals surface area (Å²) in [6.45, 7) is 0. The third-order valence-corrected chi connectivity index (χ3v) is 15.0. The summed E-state index contributed by atoms with van der Waals surface area (Å²) >= 11 is 1.85. The Morgan fingerprint density at radius 2 is 1.00 bits per heavy atom. The zero-order valence-electron chi connectivity index (χ0n) is 36.8. The maximum absolute atomic E-state index is 6.96. The first kappa shape index (κ1) is 38.6. The van der Waals surface area contributed by atoms with Crippen molar-refractivity contribution >= 4 is 103 Å². The van der Waals surface area contributed by atoms with Gasteiger partial charge in [-0.1, -0.05) is 158 Å². The van der Waals surface area contributed by atoms with E-state index < -0.39 is 0 Å². The largest absolute Gasteiger partial charge is 0.455 e. The van der Waals surface area contributed by atoms with Gasteiger partial charge in [0.05, 0.1) is 16.7 Å². The third-order valence-electron chi connectivity index (χ3n) is 13.8. The number of furan rings is 1. The third kappa shape index (κ3) is 6.12. The zero-order chi connectivity index (χ0) is 44.7. The maximum atomic E-state index is 6.96. The van der Waals surface area contributed by atoms with Crippen molar-refractivity contribution in [2.45, 2.75) is 0 Å². The highest BCUT2D eigenvalue weighted by molar-refractivity contribution is 7.25. The molecule has 0 unspecified atom stereocenters. The Balaban J connectivity index is 0.976. The van der Waals surface area contributed by atoms with Gasteiger partial charge in [-0.25, -0.2) is 0 Å². The number of thiophene rings is 1. The summed E-state index contributed by atoms with van der Waals surface area (Å²) in [7, 11) is 0. The van der Waals surface area contributed by atoms with Crippen LogP contribution in [0.2, 0.25) is 0 Å². The van der Waals surface area contributed by atoms with E-state index in [-0.39, 0.29) is 0 Å². The van der Waals surface area contributed by atoms with Crippen LogP contribution in [0.25, 0.3) is 114 Å². The Bertz CT molecular complexity index is 4210. The van der Waals surface area contributed by atoms with Gasteiger partial charge < -0.3 is 13.9 Å². The SMILES string of the molecule is c1cc(-c2cccc3ccccc23)cc(N(c2ccc(-c3ccc4sc5ccccc5c4c3)cc2)c2ccc3c(oc4ccccc43)c2-c2ccc(-n3c4ccccc4c4ccccc43)cc2)c1. The second kappa shape index (κ2) is 15.5. The number of hydrogen-bond donors (Lipinski definition) is 0. The molecular weight excluding hydrogens is 845 g/mol. The molecular formula is C64H40N2OS. The Kier molecular flexibility index (Phi) is 8.76. The fourth-order valence-corrected chi connectivity index (χ4v) is 11.7. The zero-order valence-corrected chi connectivity index (χ0v) is 37.6. The van der Waals surface area contributed by atoms with Gasteiger partial charge in [-0.2, -0.15) is 0 Å². The molecule has 0 fully saturated rings. The van der Waals surface area contributed by atoms with E-state index >= 15 is 0 Å². The molecule has 318 valence electrons. The molecule has 0 amide bonds. The molecule has 0 N–H and O–H groups in total. The van der Waals surface area contributed by atoms with E-state index in [0.29, 0.717) is 0 Å². The van der Waals surface area contributed by atoms with Crippen molar-refractivity contribution in [2.75, 3.05) is 4.90 Å². The van der Waals surface area contributed by atoms with E-state index in [2.05, 4.69) is 252 Å². The van der Waals surface area contributed by atoms with E-state index in [0.717, 1.165) is 61.4 Å². The molecule has 0 aliphatic rings. The molecule has 0 aliphatic heterocycles. The van der Waals surface area contributed by atoms with Crippen LogP contribution in [0.15, 0.2) is 247 Å². The highest BCUT2D eigenvalue weighted by Gasteiger charge is 2.24. The fourth-order valence-electron chi connectivity index (χ4n) is 10.6. The first-order valence-corrected chi connectivity index (χ1v) is 24.0. The Hall–Kier alpha value is -8.70. The van der Waals surface area contributed by atoms with Gasteiger partial charge in [0, 0.05) is 64.3 Å². The average Bonchev–Trinajstić information content (AvgIpc) is 4.08. The van der Waals surface area contributed by atoms with Gasteiger partial charge in [0.25, 0.3) is 0 Å². The summed E-state index contributed by atoms with van der Waals surface area (Å²) in [5.41, 5.74) is 15.1. The Labute approximate surface area is 396 Å². The quantitative estimate of drug-likeness (QED) is 0.159. The van der Waals surface area contributed by atoms with Gasteiger partial charge in [-0.05, 0) is 124 Å². The van der Waals surface area contributed by atoms with Crippen LogP contribution in [0.3, 0.4) is 0 Å². The fraction of sp³-hybridized carbons (Fsp3) is 0. The van der Waals surface area contributed by atoms with E-state index in [1.165, 1.54) is 69.4 Å². The van der Waals surface area contributed by atoms with Crippen LogP contribution in [0.4, 0.5) is 17.1 Å². The molecule has 3 aromatic heterocycles. The second-order valence-electron chi connectivity index (χ2n) is 17.6. The second-order valence-corrected chi connectivity index (χ2v) is 18.7. The first-order valence-electron chi connectivity index (χ1n) is 23.2. The number of para-hydroxylation sites is 3. The van der Waals surface area contributed by atoms with Crippen LogP contribution in [-0.4, -0.2) is 4.57 Å². The van der Waals surface area contributed by atoms with Crippen LogP contribution in [0.5, 0.6) is 0 Å². The standard InChI is InChI=1S/C64H40N2OS/c1-2-17-49-42(13-1)14-12-22-50(49)45-15-11-16-48(39-45)65(46-32-27-41(28-33-46)44-31-38-62-56(40-44)54-21-6-10-26-61(54)68-62)59-37-36-55-53-20-5-9-25-60(53)67-64(55)63(59)43-29-34-47(35-30-43)66-57-23-7-3-18-51(57)52-19-4-8-24-58(52)66/h1-40H. The van der Waals surface area contributed by atoms with Gasteiger partial charge in [0.2, 0.25) is 0 Å². The predicted octanol–water partition coefficient (Wildman–Crippen LogP) is 18.7. The van der Waals surface area contributed by atoms with Crippen LogP contribution >= 0.6 is 11.3 Å². The summed E-state index contributed by atoms with van der Waals surface area (Å²) in [5.74, 6) is 0. The number of hydrogen-bond acceptors (Lipinski definition) is 3. The molecule has 14 rings (SSSR count). The molecule has 4 heteroatoms. The number of rotatable bonds is 7. The number of nitrogens with zero attached hydrogens (tertiary/aromatic N) is 2. The van der Waals surface area contributed by atoms with E-state index in [1.807, 2.05) is 11.3 Å². The van der Waals surface area contributed by atoms with Gasteiger partial charge in [-0.15, -0.1) is 11.3 Å². The maximum Gasteiger partial charge on any atom is 0.145 e. The van der Waals surface area contributed by atoms with Crippen molar-refractivity contribution in [3.8, 4) is 39.1 Å². The lowest BCUT2D eigenvalue weighted by Gasteiger charge is -2.29. The molecule has 14 aromatic rings. The van der Waals surface area contributed by atoms with Crippen LogP contribution < -0.4 is 4.90 Å². The van der Waals surface area contributed by atoms with Crippen molar-refractivity contribution in [2.24, 2.45) is 0 Å². The predicted molar refractivity (Wildman–Crippen MR) is 289 cm³/mol. The molecule has 68 heavy (non-hydrogen) atoms. The number of anilines is 3. The van der Waals surface area contributed by atoms with Crippen molar-refractivity contribution in [3.63, 3.8) is 0 Å². The van der Waals surface area contributed by atoms with E-state index in [4.69, 9.17) is 4.42 Å². The Morgan fingerprint density at radius 3 is 1.81 bits per heavy atom. The molecule has 0 saturated heterocycles. The lowest BCUT2D eigenvalue weighted by Crippen LogP contribution is -2.11. The van der Waals surface area contributed by atoms with Crippen molar-refractivity contribution in [3.05, 3.63) is 243 Å². The molecule has 11 aromatic carbocycles. The van der Waals surface area contributed by atoms with E-state index in [9.17, 15) is 0 Å². The van der Waals surface area contributed by atoms with Crippen molar-refractivity contribution in [1.29, 1.82) is 0 Å². The number of fused-ring (bicyclic) bond motifs is 10. The lowest BCUT2D eigenvalue weighted by molar-refractivity contribution is 0.670. The number of benzene rings is 11. The minimum Gasteiger partial charge on any atom is -0.455 e. The molecule has 0 aliphatic carbocycles. The smallest absolute Gasteiger partial charge is 0.145 e. The summed E-state index contributed by atoms with van der Waals surface area (Å²) in [4.78, 5) is 2.41. The Morgan fingerprint density at radius 1 is 0.368 bits per heavy atom. The summed E-state index contributed by atoms with van der Waals surface area (Å²) in [5, 5.41) is 9.73. The van der Waals surface area contributed by atoms with Gasteiger partial charge in [-0.3, -0.25) is 0 Å². The monoisotopic (exact) mass is 884 g/mol. The molecule has 0 bridgehead atoms. The molecule has 0 spiro atoms. The molecule has 0 radical (unpaired) electrons. The molecule has 3 heterocycles. The van der Waals surface area contributed by atoms with Crippen molar-refractivity contribution in [1.82, 2.24) is 4.57 Å². The first-order chi connectivity index (χ1) is 33.7. The minimum absolute atomic E-state index is 0.858. The summed E-state index contributed by atoms with van der Waals surface area (Å²) in [6.07, 6.45) is 0. The van der Waals surface area contributed by atoms with Crippen LogP contribution in [0, 0.1) is 0 Å². The molecule has 0 atom stereocenters. The highest BCUT2D eigenvalue weighted by atomic mass is 32.1. The lowest BCUT2D eigenvalue weighted by atomic mass is 9.96. The average molecular weight is 885 g/mol. The van der Waals surface area contributed by atoms with Gasteiger partial charge in [0.15, 0.2) is 0 Å².